The quantitative estimate of drug-likeness (QED) is 0.161. The van der Waals surface area contributed by atoms with Gasteiger partial charge in [0.2, 0.25) is 5.69 Å². The van der Waals surface area contributed by atoms with Crippen LogP contribution in [0.1, 0.15) is 5.56 Å². The average molecular weight is 956 g/mol. The lowest BCUT2D eigenvalue weighted by Crippen LogP contribution is -2.11. The molecule has 0 radical (unpaired) electrons. The van der Waals surface area contributed by atoms with Crippen molar-refractivity contribution in [2.45, 2.75) is 0 Å². The van der Waals surface area contributed by atoms with E-state index in [1.165, 1.54) is 0 Å². The number of nitrogens with zero attached hydrogens (tertiary/aromatic N) is 5. The second-order valence-corrected chi connectivity index (χ2v) is 19.3. The molecule has 0 fully saturated rings. The van der Waals surface area contributed by atoms with Crippen molar-refractivity contribution in [3.8, 4) is 45.4 Å². The maximum Gasteiger partial charge on any atom is 0.214 e. The highest BCUT2D eigenvalue weighted by atomic mass is 16.3. The fourth-order valence-electron chi connectivity index (χ4n) is 12.3. The van der Waals surface area contributed by atoms with Crippen molar-refractivity contribution in [1.82, 2.24) is 13.7 Å². The highest BCUT2D eigenvalue weighted by Gasteiger charge is 2.31. The molecule has 346 valence electrons. The minimum atomic E-state index is 0.328. The summed E-state index contributed by atoms with van der Waals surface area (Å²) in [4.78, 5) is 4.42. The predicted molar refractivity (Wildman–Crippen MR) is 306 cm³/mol. The summed E-state index contributed by atoms with van der Waals surface area (Å²) in [6.07, 6.45) is 0. The number of hydrogen-bond acceptors (Lipinski definition) is 3. The lowest BCUT2D eigenvalue weighted by atomic mass is 10.0. The Balaban J connectivity index is 1.14. The number of hydrogen-bond donors (Lipinski definition) is 0. The number of benzene rings is 11. The van der Waals surface area contributed by atoms with Gasteiger partial charge in [0.15, 0.2) is 0 Å². The first-order valence-electron chi connectivity index (χ1n) is 25.0. The SMILES string of the molecule is [C-]#[N+]c1cc(C#N)c(-n2c3ccc(-c4ccccc4)cc3c3c4oc5ccccc5c4ccc32)c(-n2c3ccccc3c3ccccc32)c1-n1c2ccc(-c3ccccc3)cc2c2c3oc4ccccc4c3ccc21. The second-order valence-electron chi connectivity index (χ2n) is 19.3. The molecule has 0 aliphatic heterocycles. The number of aromatic nitrogens is 3. The van der Waals surface area contributed by atoms with Gasteiger partial charge < -0.3 is 22.5 Å². The molecule has 0 spiro atoms. The van der Waals surface area contributed by atoms with Gasteiger partial charge >= 0.3 is 0 Å². The van der Waals surface area contributed by atoms with Crippen LogP contribution in [0.15, 0.2) is 233 Å². The Morgan fingerprint density at radius 3 is 1.25 bits per heavy atom. The van der Waals surface area contributed by atoms with Crippen LogP contribution >= 0.6 is 0 Å². The van der Waals surface area contributed by atoms with Gasteiger partial charge in [-0.15, -0.1) is 0 Å². The van der Waals surface area contributed by atoms with Crippen LogP contribution in [0.3, 0.4) is 0 Å². The Hall–Kier alpha value is -10.6. The van der Waals surface area contributed by atoms with Gasteiger partial charge in [0, 0.05) is 43.1 Å². The third kappa shape index (κ3) is 5.67. The van der Waals surface area contributed by atoms with Crippen LogP contribution < -0.4 is 0 Å². The summed E-state index contributed by atoms with van der Waals surface area (Å²) in [5.41, 5.74) is 15.4. The fraction of sp³-hybridized carbons (Fsp3) is 0. The number of rotatable bonds is 5. The Morgan fingerprint density at radius 2 is 0.760 bits per heavy atom. The van der Waals surface area contributed by atoms with Gasteiger partial charge in [-0.05, 0) is 101 Å². The smallest absolute Gasteiger partial charge is 0.214 e. The van der Waals surface area contributed by atoms with E-state index >= 15 is 0 Å². The lowest BCUT2D eigenvalue weighted by Gasteiger charge is -2.24. The van der Waals surface area contributed by atoms with E-state index in [0.717, 1.165) is 132 Å². The molecule has 11 aromatic carbocycles. The fourth-order valence-corrected chi connectivity index (χ4v) is 12.3. The van der Waals surface area contributed by atoms with Gasteiger partial charge in [-0.25, -0.2) is 4.85 Å². The van der Waals surface area contributed by atoms with Crippen molar-refractivity contribution in [3.05, 3.63) is 241 Å². The summed E-state index contributed by atoms with van der Waals surface area (Å²) >= 11 is 0. The summed E-state index contributed by atoms with van der Waals surface area (Å²) in [6, 6.07) is 80.4. The number of para-hydroxylation sites is 4. The van der Waals surface area contributed by atoms with Crippen LogP contribution in [-0.2, 0) is 0 Å². The van der Waals surface area contributed by atoms with E-state index in [1.54, 1.807) is 6.07 Å². The zero-order valence-electron chi connectivity index (χ0n) is 39.9. The Labute approximate surface area is 427 Å². The van der Waals surface area contributed by atoms with Crippen LogP contribution in [0, 0.1) is 17.9 Å². The number of fused-ring (bicyclic) bond motifs is 17. The summed E-state index contributed by atoms with van der Waals surface area (Å²) in [5.74, 6) is 0. The first-order valence-corrected chi connectivity index (χ1v) is 25.0. The summed E-state index contributed by atoms with van der Waals surface area (Å²) in [6.45, 7) is 9.19. The Kier molecular flexibility index (Phi) is 8.46. The molecule has 7 heteroatoms. The third-order valence-electron chi connectivity index (χ3n) is 15.5. The first kappa shape index (κ1) is 41.1. The zero-order chi connectivity index (χ0) is 49.5. The monoisotopic (exact) mass is 955 g/mol. The summed E-state index contributed by atoms with van der Waals surface area (Å²) < 4.78 is 20.6. The lowest BCUT2D eigenvalue weighted by molar-refractivity contribution is 0.672. The largest absolute Gasteiger partial charge is 0.455 e. The standard InChI is InChI=1S/C68H37N5O2/c1-70-53-38-44(39-69)64(72-56-32-28-42(40-16-4-2-5-17-40)36-51(56)62-58(72)34-30-49-47-22-10-14-26-60(47)74-67(49)62)66(71-54-24-12-8-20-45(54)46-21-9-13-25-55(46)71)65(53)73-57-33-29-43(41-18-6-3-7-19-41)37-52(57)63-59(73)35-31-50-48-23-11-15-27-61(48)75-68(50)63/h2-38H. The van der Waals surface area contributed by atoms with Gasteiger partial charge in [-0.1, -0.05) is 146 Å². The number of furan rings is 2. The maximum absolute atomic E-state index is 11.8. The highest BCUT2D eigenvalue weighted by Crippen LogP contribution is 2.50. The molecular weight excluding hydrogens is 919 g/mol. The molecule has 5 aromatic heterocycles. The van der Waals surface area contributed by atoms with Crippen LogP contribution in [-0.4, -0.2) is 13.7 Å². The molecule has 16 aromatic rings. The molecule has 5 heterocycles. The van der Waals surface area contributed by atoms with Crippen LogP contribution in [0.4, 0.5) is 5.69 Å². The Morgan fingerprint density at radius 1 is 0.347 bits per heavy atom. The van der Waals surface area contributed by atoms with E-state index in [1.807, 2.05) is 48.5 Å². The van der Waals surface area contributed by atoms with Gasteiger partial charge in [0.05, 0.1) is 73.1 Å². The molecule has 0 amide bonds. The molecule has 0 saturated heterocycles. The van der Waals surface area contributed by atoms with Crippen molar-refractivity contribution in [2.24, 2.45) is 0 Å². The Bertz CT molecular complexity index is 4890. The van der Waals surface area contributed by atoms with E-state index < -0.39 is 0 Å². The van der Waals surface area contributed by atoms with E-state index in [2.05, 4.69) is 194 Å². The molecule has 0 bridgehead atoms. The van der Waals surface area contributed by atoms with Crippen molar-refractivity contribution in [3.63, 3.8) is 0 Å². The molecule has 0 N–H and O–H groups in total. The minimum Gasteiger partial charge on any atom is -0.455 e. The maximum atomic E-state index is 11.8. The molecular formula is C68H37N5O2. The highest BCUT2D eigenvalue weighted by molar-refractivity contribution is 6.26. The first-order chi connectivity index (χ1) is 37.1. The number of nitriles is 1. The molecule has 0 aliphatic rings. The van der Waals surface area contributed by atoms with Gasteiger partial charge in [-0.2, -0.15) is 5.26 Å². The van der Waals surface area contributed by atoms with E-state index in [-0.39, 0.29) is 0 Å². The van der Waals surface area contributed by atoms with Crippen molar-refractivity contribution in [1.29, 1.82) is 5.26 Å². The molecule has 7 nitrogen and oxygen atoms in total. The topological polar surface area (TPSA) is 69.2 Å². The molecule has 75 heavy (non-hydrogen) atoms. The average Bonchev–Trinajstić information content (AvgIpc) is 4.41. The van der Waals surface area contributed by atoms with Gasteiger partial charge in [-0.3, -0.25) is 0 Å². The second kappa shape index (κ2) is 15.5. The van der Waals surface area contributed by atoms with Gasteiger partial charge in [0.1, 0.15) is 28.4 Å². The zero-order valence-corrected chi connectivity index (χ0v) is 39.9. The van der Waals surface area contributed by atoms with E-state index in [4.69, 9.17) is 8.83 Å². The molecule has 0 aliphatic carbocycles. The van der Waals surface area contributed by atoms with Crippen LogP contribution in [0.5, 0.6) is 0 Å². The van der Waals surface area contributed by atoms with Crippen molar-refractivity contribution >= 4 is 115 Å². The molecule has 16 rings (SSSR count). The molecule has 0 atom stereocenters. The predicted octanol–water partition coefficient (Wildman–Crippen LogP) is 18.5. The summed E-state index contributed by atoms with van der Waals surface area (Å²) in [7, 11) is 0. The van der Waals surface area contributed by atoms with E-state index in [9.17, 15) is 11.8 Å². The van der Waals surface area contributed by atoms with Crippen LogP contribution in [0.2, 0.25) is 0 Å². The van der Waals surface area contributed by atoms with Crippen LogP contribution in [0.25, 0.3) is 153 Å². The molecule has 0 unspecified atom stereocenters. The summed E-state index contributed by atoms with van der Waals surface area (Å²) in [5, 5.41) is 21.8. The third-order valence-corrected chi connectivity index (χ3v) is 15.5. The normalized spacial score (nSPS) is 12.0. The molecule has 0 saturated carbocycles. The van der Waals surface area contributed by atoms with Crippen molar-refractivity contribution < 1.29 is 8.83 Å². The van der Waals surface area contributed by atoms with Crippen molar-refractivity contribution in [2.75, 3.05) is 0 Å². The minimum absolute atomic E-state index is 0.328. The van der Waals surface area contributed by atoms with Gasteiger partial charge in [0.25, 0.3) is 0 Å². The van der Waals surface area contributed by atoms with E-state index in [0.29, 0.717) is 28.3 Å².